The molecule has 0 saturated carbocycles. The largest absolute Gasteiger partial charge is 0.394 e. The Hall–Kier alpha value is -1.24. The molecule has 0 aliphatic carbocycles. The maximum Gasteiger partial charge on any atom is 0.136 e. The Morgan fingerprint density at radius 2 is 2.00 bits per heavy atom. The van der Waals surface area contributed by atoms with Gasteiger partial charge in [-0.05, 0) is 18.2 Å². The maximum atomic E-state index is 10.9. The van der Waals surface area contributed by atoms with Crippen LogP contribution in [0.5, 0.6) is 0 Å². The molecular weight excluding hydrogens is 459 g/mol. The lowest BCUT2D eigenvalue weighted by Gasteiger charge is -2.41. The maximum absolute atomic E-state index is 10.9. The van der Waals surface area contributed by atoms with Crippen LogP contribution in [0, 0.1) is 0 Å². The van der Waals surface area contributed by atoms with Crippen LogP contribution in [0.2, 0.25) is 10.0 Å². The van der Waals surface area contributed by atoms with Gasteiger partial charge in [-0.25, -0.2) is 9.67 Å². The number of ether oxygens (including phenoxy) is 1. The molecular formula is C17H16Cl2N4O4S2. The summed E-state index contributed by atoms with van der Waals surface area (Å²) in [6.45, 7) is -0.420. The minimum atomic E-state index is -1.19. The second kappa shape index (κ2) is 8.86. The minimum Gasteiger partial charge on any atom is -0.394 e. The highest BCUT2D eigenvalue weighted by atomic mass is 35.5. The van der Waals surface area contributed by atoms with Gasteiger partial charge in [0.25, 0.3) is 0 Å². The van der Waals surface area contributed by atoms with Crippen molar-refractivity contribution in [3.05, 3.63) is 45.3 Å². The Bertz CT molecular complexity index is 974. The lowest BCUT2D eigenvalue weighted by atomic mass is 9.97. The van der Waals surface area contributed by atoms with E-state index in [4.69, 9.17) is 27.9 Å². The molecule has 12 heteroatoms. The van der Waals surface area contributed by atoms with E-state index in [0.717, 1.165) is 4.90 Å². The quantitative estimate of drug-likeness (QED) is 0.516. The zero-order chi connectivity index (χ0) is 20.5. The fourth-order valence-electron chi connectivity index (χ4n) is 3.04. The number of halogens is 2. The van der Waals surface area contributed by atoms with Crippen molar-refractivity contribution in [2.75, 3.05) is 6.61 Å². The molecule has 3 heterocycles. The first kappa shape index (κ1) is 21.0. The molecule has 1 aromatic carbocycles. The van der Waals surface area contributed by atoms with Crippen molar-refractivity contribution in [2.24, 2.45) is 0 Å². The normalized spacial score (nSPS) is 27.3. The van der Waals surface area contributed by atoms with E-state index in [9.17, 15) is 15.3 Å². The summed E-state index contributed by atoms with van der Waals surface area (Å²) >= 11 is 14.7. The van der Waals surface area contributed by atoms with Gasteiger partial charge in [0.2, 0.25) is 0 Å². The number of rotatable bonds is 5. The van der Waals surface area contributed by atoms with Gasteiger partial charge in [-0.2, -0.15) is 0 Å². The van der Waals surface area contributed by atoms with Gasteiger partial charge >= 0.3 is 0 Å². The highest BCUT2D eigenvalue weighted by Gasteiger charge is 2.46. The van der Waals surface area contributed by atoms with Gasteiger partial charge in [0.1, 0.15) is 41.2 Å². The predicted octanol–water partition coefficient (Wildman–Crippen LogP) is 2.48. The molecule has 154 valence electrons. The van der Waals surface area contributed by atoms with Crippen LogP contribution in [0.4, 0.5) is 0 Å². The number of hydrogen-bond acceptors (Lipinski definition) is 9. The van der Waals surface area contributed by atoms with Crippen LogP contribution in [-0.2, 0) is 4.74 Å². The van der Waals surface area contributed by atoms with E-state index < -0.39 is 36.4 Å². The molecule has 1 aliphatic rings. The average molecular weight is 475 g/mol. The average Bonchev–Trinajstić information content (AvgIpc) is 3.39. The van der Waals surface area contributed by atoms with Gasteiger partial charge in [-0.3, -0.25) is 0 Å². The fourth-order valence-corrected chi connectivity index (χ4v) is 5.05. The molecule has 0 amide bonds. The highest BCUT2D eigenvalue weighted by Crippen LogP contribution is 2.39. The summed E-state index contributed by atoms with van der Waals surface area (Å²) in [6, 6.07) is 4.18. The third-order valence-corrected chi connectivity index (χ3v) is 6.98. The van der Waals surface area contributed by atoms with E-state index >= 15 is 0 Å². The molecule has 3 aromatic rings. The first-order valence-corrected chi connectivity index (χ1v) is 11.1. The lowest BCUT2D eigenvalue weighted by Crippen LogP contribution is -2.55. The molecule has 4 unspecified atom stereocenters. The molecule has 29 heavy (non-hydrogen) atoms. The summed E-state index contributed by atoms with van der Waals surface area (Å²) in [4.78, 5) is 4.91. The number of aliphatic hydroxyl groups is 3. The molecule has 4 rings (SSSR count). The van der Waals surface area contributed by atoms with Crippen LogP contribution in [0.3, 0.4) is 0 Å². The summed E-state index contributed by atoms with van der Waals surface area (Å²) in [7, 11) is 0. The summed E-state index contributed by atoms with van der Waals surface area (Å²) in [6.07, 6.45) is -1.63. The summed E-state index contributed by atoms with van der Waals surface area (Å²) < 4.78 is 7.12. The lowest BCUT2D eigenvalue weighted by molar-refractivity contribution is -0.178. The molecule has 8 nitrogen and oxygen atoms in total. The molecule has 3 N–H and O–H groups in total. The van der Waals surface area contributed by atoms with E-state index in [1.807, 2.05) is 5.38 Å². The SMILES string of the molecule is OCC1OC(Sc2ccc(Cl)c(Cl)c2)[C@@H](O)C(n2cc(-c3cscn3)nn2)C1O. The molecule has 1 fully saturated rings. The number of aliphatic hydroxyl groups excluding tert-OH is 3. The Morgan fingerprint density at radius 3 is 2.69 bits per heavy atom. The minimum absolute atomic E-state index is 0.376. The third-order valence-electron chi connectivity index (χ3n) is 4.50. The molecule has 0 radical (unpaired) electrons. The van der Waals surface area contributed by atoms with E-state index in [1.165, 1.54) is 27.8 Å². The number of thioether (sulfide) groups is 1. The Balaban J connectivity index is 1.61. The van der Waals surface area contributed by atoms with E-state index in [0.29, 0.717) is 21.4 Å². The van der Waals surface area contributed by atoms with Gasteiger partial charge in [-0.15, -0.1) is 16.4 Å². The van der Waals surface area contributed by atoms with Crippen molar-refractivity contribution < 1.29 is 20.1 Å². The second-order valence-electron chi connectivity index (χ2n) is 6.35. The van der Waals surface area contributed by atoms with Crippen LogP contribution in [0.15, 0.2) is 40.2 Å². The standard InChI is InChI=1S/C17H16Cl2N4O4S2/c18-9-2-1-8(3-10(9)19)29-17-16(26)14(15(25)13(5-24)27-17)23-4-11(21-22-23)12-6-28-7-20-12/h1-4,6-7,13-17,24-26H,5H2/t13?,14?,15?,16-,17?/m0/s1. The van der Waals surface area contributed by atoms with Gasteiger partial charge in [-0.1, -0.05) is 40.2 Å². The number of nitrogens with zero attached hydrogens (tertiary/aromatic N) is 4. The number of benzene rings is 1. The van der Waals surface area contributed by atoms with Gasteiger partial charge in [0.15, 0.2) is 0 Å². The third kappa shape index (κ3) is 4.30. The molecule has 5 atom stereocenters. The summed E-state index contributed by atoms with van der Waals surface area (Å²) in [5.41, 5.74) is 2.06. The first-order valence-electron chi connectivity index (χ1n) is 8.52. The van der Waals surface area contributed by atoms with Crippen LogP contribution < -0.4 is 0 Å². The monoisotopic (exact) mass is 474 g/mol. The zero-order valence-corrected chi connectivity index (χ0v) is 17.8. The predicted molar refractivity (Wildman–Crippen MR) is 110 cm³/mol. The first-order chi connectivity index (χ1) is 14.0. The van der Waals surface area contributed by atoms with E-state index in [2.05, 4.69) is 15.3 Å². The smallest absolute Gasteiger partial charge is 0.136 e. The van der Waals surface area contributed by atoms with Crippen LogP contribution in [0.1, 0.15) is 6.04 Å². The van der Waals surface area contributed by atoms with E-state index in [1.54, 1.807) is 29.9 Å². The molecule has 2 aromatic heterocycles. The zero-order valence-electron chi connectivity index (χ0n) is 14.7. The Labute approximate surface area is 184 Å². The van der Waals surface area contributed by atoms with Crippen molar-refractivity contribution in [3.8, 4) is 11.4 Å². The highest BCUT2D eigenvalue weighted by molar-refractivity contribution is 7.99. The summed E-state index contributed by atoms with van der Waals surface area (Å²) in [5.74, 6) is 0. The van der Waals surface area contributed by atoms with Crippen LogP contribution in [0.25, 0.3) is 11.4 Å². The Morgan fingerprint density at radius 1 is 1.17 bits per heavy atom. The number of aromatic nitrogens is 4. The van der Waals surface area contributed by atoms with Crippen molar-refractivity contribution in [1.82, 2.24) is 20.0 Å². The van der Waals surface area contributed by atoms with Crippen LogP contribution in [-0.4, -0.2) is 65.7 Å². The van der Waals surface area contributed by atoms with Crippen molar-refractivity contribution in [3.63, 3.8) is 0 Å². The fraction of sp³-hybridized carbons (Fsp3) is 0.353. The number of thiazole rings is 1. The summed E-state index contributed by atoms with van der Waals surface area (Å²) in [5, 5.41) is 42.0. The molecule has 0 spiro atoms. The van der Waals surface area contributed by atoms with Gasteiger partial charge in [0.05, 0.1) is 28.4 Å². The van der Waals surface area contributed by atoms with Gasteiger partial charge in [0, 0.05) is 10.3 Å². The van der Waals surface area contributed by atoms with Crippen molar-refractivity contribution >= 4 is 46.3 Å². The molecule has 1 saturated heterocycles. The number of hydrogen-bond donors (Lipinski definition) is 3. The van der Waals surface area contributed by atoms with Crippen LogP contribution >= 0.6 is 46.3 Å². The van der Waals surface area contributed by atoms with Crippen molar-refractivity contribution in [2.45, 2.75) is 34.7 Å². The Kier molecular flexibility index (Phi) is 6.42. The van der Waals surface area contributed by atoms with E-state index in [-0.39, 0.29) is 0 Å². The van der Waals surface area contributed by atoms with Gasteiger partial charge < -0.3 is 20.1 Å². The molecule has 1 aliphatic heterocycles. The molecule has 0 bridgehead atoms. The second-order valence-corrected chi connectivity index (χ2v) is 9.05. The van der Waals surface area contributed by atoms with Crippen molar-refractivity contribution in [1.29, 1.82) is 0 Å². The topological polar surface area (TPSA) is 114 Å².